The first kappa shape index (κ1) is 13.8. The number of benzene rings is 1. The standard InChI is InChI=1S/C9H11ClN2O4S/c10-6-1-2-7(8(13)5-6)9(14)12-3-4-17(11,15)16/h1-2,5,13H,3-4H2,(H,12,14)(H2,11,15,16). The highest BCUT2D eigenvalue weighted by molar-refractivity contribution is 7.89. The number of aromatic hydroxyl groups is 1. The lowest BCUT2D eigenvalue weighted by atomic mass is 10.2. The van der Waals surface area contributed by atoms with Crippen LogP contribution in [0.15, 0.2) is 18.2 Å². The summed E-state index contributed by atoms with van der Waals surface area (Å²) in [5, 5.41) is 16.8. The van der Waals surface area contributed by atoms with Gasteiger partial charge in [0.25, 0.3) is 5.91 Å². The SMILES string of the molecule is NS(=O)(=O)CCNC(=O)c1ccc(Cl)cc1O. The van der Waals surface area contributed by atoms with E-state index in [4.69, 9.17) is 16.7 Å². The molecule has 1 rings (SSSR count). The third-order valence-corrected chi connectivity index (χ3v) is 2.88. The van der Waals surface area contributed by atoms with Gasteiger partial charge in [-0.25, -0.2) is 13.6 Å². The zero-order valence-electron chi connectivity index (χ0n) is 8.68. The Morgan fingerprint density at radius 3 is 2.65 bits per heavy atom. The van der Waals surface area contributed by atoms with E-state index in [1.807, 2.05) is 0 Å². The molecular formula is C9H11ClN2O4S. The highest BCUT2D eigenvalue weighted by Crippen LogP contribution is 2.21. The van der Waals surface area contributed by atoms with E-state index in [1.165, 1.54) is 18.2 Å². The fourth-order valence-corrected chi connectivity index (χ4v) is 1.65. The molecule has 0 fully saturated rings. The third-order valence-electron chi connectivity index (χ3n) is 1.88. The molecule has 6 nitrogen and oxygen atoms in total. The predicted molar refractivity (Wildman–Crippen MR) is 63.4 cm³/mol. The molecule has 0 bridgehead atoms. The van der Waals surface area contributed by atoms with Crippen LogP contribution in [0.1, 0.15) is 10.4 Å². The number of halogens is 1. The molecule has 0 aliphatic rings. The largest absolute Gasteiger partial charge is 0.507 e. The van der Waals surface area contributed by atoms with Crippen molar-refractivity contribution in [1.29, 1.82) is 0 Å². The van der Waals surface area contributed by atoms with Gasteiger partial charge in [-0.05, 0) is 18.2 Å². The Morgan fingerprint density at radius 1 is 1.47 bits per heavy atom. The molecule has 0 radical (unpaired) electrons. The highest BCUT2D eigenvalue weighted by atomic mass is 35.5. The number of hydrogen-bond acceptors (Lipinski definition) is 4. The van der Waals surface area contributed by atoms with Gasteiger partial charge in [-0.15, -0.1) is 0 Å². The van der Waals surface area contributed by atoms with Crippen molar-refractivity contribution in [3.8, 4) is 5.75 Å². The van der Waals surface area contributed by atoms with Crippen LogP contribution in [0.3, 0.4) is 0 Å². The second-order valence-corrected chi connectivity index (χ2v) is 5.45. The summed E-state index contributed by atoms with van der Waals surface area (Å²) in [5.41, 5.74) is 0.0174. The molecule has 0 atom stereocenters. The number of rotatable bonds is 4. The number of carbonyl (C=O) groups is 1. The number of hydrogen-bond donors (Lipinski definition) is 3. The summed E-state index contributed by atoms with van der Waals surface area (Å²) in [6.45, 7) is -0.125. The Morgan fingerprint density at radius 2 is 2.12 bits per heavy atom. The molecule has 0 saturated heterocycles. The van der Waals surface area contributed by atoms with Crippen molar-refractivity contribution in [2.24, 2.45) is 5.14 Å². The maximum atomic E-state index is 11.5. The van der Waals surface area contributed by atoms with Crippen molar-refractivity contribution < 1.29 is 18.3 Å². The second-order valence-electron chi connectivity index (χ2n) is 3.28. The van der Waals surface area contributed by atoms with Crippen molar-refractivity contribution in [2.45, 2.75) is 0 Å². The summed E-state index contributed by atoms with van der Waals surface area (Å²) >= 11 is 5.60. The van der Waals surface area contributed by atoms with E-state index in [-0.39, 0.29) is 23.6 Å². The van der Waals surface area contributed by atoms with Crippen LogP contribution in [0.5, 0.6) is 5.75 Å². The Labute approximate surface area is 103 Å². The van der Waals surface area contributed by atoms with Crippen LogP contribution >= 0.6 is 11.6 Å². The van der Waals surface area contributed by atoms with Gasteiger partial charge in [-0.3, -0.25) is 4.79 Å². The molecule has 4 N–H and O–H groups in total. The molecule has 0 heterocycles. The molecular weight excluding hydrogens is 268 g/mol. The maximum Gasteiger partial charge on any atom is 0.255 e. The number of primary sulfonamides is 1. The molecule has 0 saturated carbocycles. The lowest BCUT2D eigenvalue weighted by Crippen LogP contribution is -2.31. The Bertz CT molecular complexity index is 530. The van der Waals surface area contributed by atoms with Crippen LogP contribution < -0.4 is 10.5 Å². The number of phenolic OH excluding ortho intramolecular Hbond substituents is 1. The van der Waals surface area contributed by atoms with Gasteiger partial charge in [0.1, 0.15) is 5.75 Å². The second kappa shape index (κ2) is 5.35. The zero-order valence-corrected chi connectivity index (χ0v) is 10.3. The summed E-state index contributed by atoms with van der Waals surface area (Å²) in [4.78, 5) is 11.5. The number of phenols is 1. The van der Waals surface area contributed by atoms with Gasteiger partial charge >= 0.3 is 0 Å². The van der Waals surface area contributed by atoms with Crippen molar-refractivity contribution in [3.05, 3.63) is 28.8 Å². The molecule has 17 heavy (non-hydrogen) atoms. The van der Waals surface area contributed by atoms with Crippen LogP contribution in [0.4, 0.5) is 0 Å². The van der Waals surface area contributed by atoms with Crippen molar-refractivity contribution >= 4 is 27.5 Å². The Hall–Kier alpha value is -1.31. The highest BCUT2D eigenvalue weighted by Gasteiger charge is 2.11. The molecule has 0 aliphatic heterocycles. The summed E-state index contributed by atoms with van der Waals surface area (Å²) in [6, 6.07) is 4.00. The summed E-state index contributed by atoms with van der Waals surface area (Å²) in [7, 11) is -3.62. The number of carbonyl (C=O) groups excluding carboxylic acids is 1. The van der Waals surface area contributed by atoms with E-state index in [2.05, 4.69) is 5.32 Å². The molecule has 0 spiro atoms. The van der Waals surface area contributed by atoms with Crippen LogP contribution in [0.2, 0.25) is 5.02 Å². The van der Waals surface area contributed by atoms with Gasteiger partial charge in [0, 0.05) is 11.6 Å². The molecule has 0 aliphatic carbocycles. The van der Waals surface area contributed by atoms with Gasteiger partial charge in [0.15, 0.2) is 0 Å². The quantitative estimate of drug-likeness (QED) is 0.723. The molecule has 0 aromatic heterocycles. The van der Waals surface area contributed by atoms with Gasteiger partial charge in [-0.2, -0.15) is 0 Å². The zero-order chi connectivity index (χ0) is 13.1. The van der Waals surface area contributed by atoms with E-state index in [9.17, 15) is 18.3 Å². The van der Waals surface area contributed by atoms with Gasteiger partial charge in [0.05, 0.1) is 11.3 Å². The van der Waals surface area contributed by atoms with Gasteiger partial charge < -0.3 is 10.4 Å². The molecule has 1 aromatic rings. The minimum absolute atomic E-state index is 0.0174. The van der Waals surface area contributed by atoms with E-state index in [1.54, 1.807) is 0 Å². The van der Waals surface area contributed by atoms with Crippen molar-refractivity contribution in [3.63, 3.8) is 0 Å². The Balaban J connectivity index is 2.65. The minimum Gasteiger partial charge on any atom is -0.507 e. The molecule has 0 unspecified atom stereocenters. The topological polar surface area (TPSA) is 109 Å². The summed E-state index contributed by atoms with van der Waals surface area (Å²) in [6.07, 6.45) is 0. The molecule has 8 heteroatoms. The lowest BCUT2D eigenvalue weighted by molar-refractivity contribution is 0.0953. The fraction of sp³-hybridized carbons (Fsp3) is 0.222. The normalized spacial score (nSPS) is 11.2. The average Bonchev–Trinajstić information content (AvgIpc) is 2.15. The smallest absolute Gasteiger partial charge is 0.255 e. The number of amides is 1. The molecule has 94 valence electrons. The molecule has 1 aromatic carbocycles. The maximum absolute atomic E-state index is 11.5. The summed E-state index contributed by atoms with van der Waals surface area (Å²) in [5.74, 6) is -1.24. The number of nitrogens with two attached hydrogens (primary N) is 1. The first-order chi connectivity index (χ1) is 7.79. The van der Waals surface area contributed by atoms with E-state index in [0.29, 0.717) is 5.02 Å². The van der Waals surface area contributed by atoms with Gasteiger partial charge in [0.2, 0.25) is 10.0 Å². The number of sulfonamides is 1. The van der Waals surface area contributed by atoms with E-state index >= 15 is 0 Å². The van der Waals surface area contributed by atoms with E-state index < -0.39 is 15.9 Å². The van der Waals surface area contributed by atoms with Gasteiger partial charge in [-0.1, -0.05) is 11.6 Å². The molecule has 1 amide bonds. The van der Waals surface area contributed by atoms with Crippen LogP contribution in [0.25, 0.3) is 0 Å². The number of nitrogens with one attached hydrogen (secondary N) is 1. The van der Waals surface area contributed by atoms with E-state index in [0.717, 1.165) is 0 Å². The van der Waals surface area contributed by atoms with Crippen molar-refractivity contribution in [2.75, 3.05) is 12.3 Å². The lowest BCUT2D eigenvalue weighted by Gasteiger charge is -2.06. The minimum atomic E-state index is -3.62. The summed E-state index contributed by atoms with van der Waals surface area (Å²) < 4.78 is 21.2. The van der Waals surface area contributed by atoms with Crippen LogP contribution in [-0.2, 0) is 10.0 Å². The van der Waals surface area contributed by atoms with Crippen LogP contribution in [-0.4, -0.2) is 31.7 Å². The van der Waals surface area contributed by atoms with Crippen LogP contribution in [0, 0.1) is 0 Å². The third kappa shape index (κ3) is 4.59. The predicted octanol–water partition coefficient (Wildman–Crippen LogP) is 0.0639. The van der Waals surface area contributed by atoms with Crippen molar-refractivity contribution in [1.82, 2.24) is 5.32 Å². The first-order valence-electron chi connectivity index (χ1n) is 4.57. The first-order valence-corrected chi connectivity index (χ1v) is 6.66. The monoisotopic (exact) mass is 278 g/mol. The average molecular weight is 279 g/mol. The fourth-order valence-electron chi connectivity index (χ4n) is 1.10. The Kier molecular flexibility index (Phi) is 4.33.